The van der Waals surface area contributed by atoms with Gasteiger partial charge in [-0.1, -0.05) is 61.3 Å². The Morgan fingerprint density at radius 1 is 1.09 bits per heavy atom. The predicted molar refractivity (Wildman–Crippen MR) is 128 cm³/mol. The summed E-state index contributed by atoms with van der Waals surface area (Å²) in [7, 11) is 1.82. The SMILES string of the molecule is CCCN(CCC)C(=O)c1c2cccc(-c3ccc(Cl)cc3Cl)c2nn1C.O=C(O)C(F)(F)F.[HH]. The molecule has 1 heterocycles. The number of hydrogen-bond acceptors (Lipinski definition) is 3. The fraction of sp³-hybridized carbons (Fsp3) is 0.348. The lowest BCUT2D eigenvalue weighted by Crippen LogP contribution is -2.33. The van der Waals surface area contributed by atoms with Crippen LogP contribution >= 0.6 is 23.2 Å². The van der Waals surface area contributed by atoms with Gasteiger partial charge in [-0.05, 0) is 25.0 Å². The molecule has 1 aromatic heterocycles. The molecule has 0 radical (unpaired) electrons. The molecule has 11 heteroatoms. The maximum atomic E-state index is 13.2. The molecule has 0 saturated carbocycles. The molecule has 3 aromatic rings. The zero-order valence-electron chi connectivity index (χ0n) is 18.8. The van der Waals surface area contributed by atoms with Crippen molar-refractivity contribution in [2.75, 3.05) is 13.1 Å². The van der Waals surface area contributed by atoms with Crippen molar-refractivity contribution in [1.82, 2.24) is 14.7 Å². The fourth-order valence-electron chi connectivity index (χ4n) is 3.40. The van der Waals surface area contributed by atoms with Crippen LogP contribution in [0.5, 0.6) is 0 Å². The maximum absolute atomic E-state index is 13.2. The van der Waals surface area contributed by atoms with Crippen molar-refractivity contribution >= 4 is 46.0 Å². The molecule has 6 nitrogen and oxygen atoms in total. The molecule has 0 fully saturated rings. The molecule has 0 aliphatic rings. The van der Waals surface area contributed by atoms with E-state index in [1.807, 2.05) is 36.2 Å². The van der Waals surface area contributed by atoms with E-state index in [2.05, 4.69) is 18.9 Å². The molecule has 0 aliphatic heterocycles. The number of rotatable bonds is 6. The smallest absolute Gasteiger partial charge is 0.475 e. The minimum Gasteiger partial charge on any atom is -0.475 e. The standard InChI is InChI=1S/C21H23Cl2N3O.C2HF3O2.H2/c1-4-11-26(12-5-2)21(27)20-17-8-6-7-16(19(17)24-25(20)3)15-10-9-14(22)13-18(15)23;3-2(4,5)1(6)7;/h6-10,13H,4-5,11-12H2,1-3H3;(H,6,7);1H. The van der Waals surface area contributed by atoms with Crippen LogP contribution < -0.4 is 0 Å². The second-order valence-corrected chi connectivity index (χ2v) is 8.24. The Labute approximate surface area is 206 Å². The topological polar surface area (TPSA) is 75.4 Å². The largest absolute Gasteiger partial charge is 0.490 e. The molecule has 0 unspecified atom stereocenters. The van der Waals surface area contributed by atoms with Gasteiger partial charge in [0.15, 0.2) is 0 Å². The van der Waals surface area contributed by atoms with Crippen LogP contribution in [-0.2, 0) is 11.8 Å². The number of amides is 1. The molecule has 0 atom stereocenters. The molecule has 34 heavy (non-hydrogen) atoms. The average Bonchev–Trinajstić information content (AvgIpc) is 3.09. The first-order valence-electron chi connectivity index (χ1n) is 10.4. The van der Waals surface area contributed by atoms with E-state index in [4.69, 9.17) is 33.1 Å². The highest BCUT2D eigenvalue weighted by atomic mass is 35.5. The number of halogens is 5. The van der Waals surface area contributed by atoms with Gasteiger partial charge in [0.1, 0.15) is 11.2 Å². The molecular weight excluding hydrogens is 494 g/mol. The number of aryl methyl sites for hydroxylation is 1. The number of alkyl halides is 3. The summed E-state index contributed by atoms with van der Waals surface area (Å²) >= 11 is 12.4. The Kier molecular flexibility index (Phi) is 9.35. The first-order valence-corrected chi connectivity index (χ1v) is 11.2. The number of carbonyl (C=O) groups is 2. The van der Waals surface area contributed by atoms with E-state index in [1.54, 1.807) is 16.8 Å². The summed E-state index contributed by atoms with van der Waals surface area (Å²) in [4.78, 5) is 24.0. The summed E-state index contributed by atoms with van der Waals surface area (Å²) in [5.41, 5.74) is 3.11. The van der Waals surface area contributed by atoms with Gasteiger partial charge in [0.05, 0.1) is 0 Å². The monoisotopic (exact) mass is 519 g/mol. The van der Waals surface area contributed by atoms with E-state index in [9.17, 15) is 18.0 Å². The molecule has 2 aromatic carbocycles. The number of carboxylic acid groups (broad SMARTS) is 1. The van der Waals surface area contributed by atoms with Gasteiger partial charge in [-0.2, -0.15) is 18.3 Å². The Morgan fingerprint density at radius 2 is 1.68 bits per heavy atom. The highest BCUT2D eigenvalue weighted by Gasteiger charge is 2.38. The third-order valence-corrected chi connectivity index (χ3v) is 5.35. The highest BCUT2D eigenvalue weighted by Crippen LogP contribution is 2.35. The molecule has 0 saturated heterocycles. The predicted octanol–water partition coefficient (Wildman–Crippen LogP) is 6.69. The van der Waals surface area contributed by atoms with Gasteiger partial charge in [-0.25, -0.2) is 4.79 Å². The van der Waals surface area contributed by atoms with Gasteiger partial charge in [0.25, 0.3) is 5.91 Å². The van der Waals surface area contributed by atoms with Crippen molar-refractivity contribution in [3.8, 4) is 11.1 Å². The Bertz CT molecular complexity index is 1180. The third kappa shape index (κ3) is 6.42. The van der Waals surface area contributed by atoms with Crippen LogP contribution in [0.25, 0.3) is 22.0 Å². The number of carboxylic acids is 1. The van der Waals surface area contributed by atoms with Gasteiger partial charge < -0.3 is 10.0 Å². The molecule has 3 rings (SSSR count). The molecular formula is C23H26Cl2F3N3O3. The van der Waals surface area contributed by atoms with Crippen molar-refractivity contribution in [2.24, 2.45) is 7.05 Å². The van der Waals surface area contributed by atoms with Gasteiger partial charge in [0, 0.05) is 48.1 Å². The lowest BCUT2D eigenvalue weighted by Gasteiger charge is -2.21. The van der Waals surface area contributed by atoms with Crippen molar-refractivity contribution < 1.29 is 29.3 Å². The van der Waals surface area contributed by atoms with Gasteiger partial charge in [-0.15, -0.1) is 0 Å². The van der Waals surface area contributed by atoms with Crippen molar-refractivity contribution in [3.05, 3.63) is 52.1 Å². The zero-order chi connectivity index (χ0) is 25.6. The van der Waals surface area contributed by atoms with E-state index in [-0.39, 0.29) is 7.33 Å². The first kappa shape index (κ1) is 27.5. The summed E-state index contributed by atoms with van der Waals surface area (Å²) in [6.45, 7) is 5.64. The second kappa shape index (κ2) is 11.6. The van der Waals surface area contributed by atoms with E-state index in [0.29, 0.717) is 15.7 Å². The summed E-state index contributed by atoms with van der Waals surface area (Å²) < 4.78 is 33.4. The Balaban J connectivity index is 0.000000672. The van der Waals surface area contributed by atoms with Crippen molar-refractivity contribution in [2.45, 2.75) is 32.9 Å². The minimum atomic E-state index is -5.08. The summed E-state index contributed by atoms with van der Waals surface area (Å²) in [5, 5.41) is 13.8. The average molecular weight is 520 g/mol. The van der Waals surface area contributed by atoms with Crippen LogP contribution in [0.1, 0.15) is 38.6 Å². The fourth-order valence-corrected chi connectivity index (χ4v) is 3.91. The van der Waals surface area contributed by atoms with E-state index in [1.165, 1.54) is 0 Å². The van der Waals surface area contributed by atoms with Crippen molar-refractivity contribution in [1.29, 1.82) is 0 Å². The summed E-state index contributed by atoms with van der Waals surface area (Å²) in [6.07, 6.45) is -3.24. The highest BCUT2D eigenvalue weighted by molar-refractivity contribution is 6.36. The number of benzene rings is 2. The van der Waals surface area contributed by atoms with Crippen LogP contribution in [0.2, 0.25) is 10.0 Å². The number of carbonyl (C=O) groups excluding carboxylic acids is 1. The minimum absolute atomic E-state index is 0. The maximum Gasteiger partial charge on any atom is 0.490 e. The quantitative estimate of drug-likeness (QED) is 0.393. The number of hydrogen-bond donors (Lipinski definition) is 1. The van der Waals surface area contributed by atoms with Gasteiger partial charge in [0.2, 0.25) is 0 Å². The number of nitrogens with zero attached hydrogens (tertiary/aromatic N) is 3. The molecule has 186 valence electrons. The Morgan fingerprint density at radius 3 is 2.18 bits per heavy atom. The van der Waals surface area contributed by atoms with Crippen LogP contribution in [0.3, 0.4) is 0 Å². The number of aliphatic carboxylic acids is 1. The molecule has 0 bridgehead atoms. The third-order valence-electron chi connectivity index (χ3n) is 4.81. The Hall–Kier alpha value is -2.78. The zero-order valence-corrected chi connectivity index (χ0v) is 20.3. The van der Waals surface area contributed by atoms with Crippen LogP contribution in [0.4, 0.5) is 13.2 Å². The summed E-state index contributed by atoms with van der Waals surface area (Å²) in [5.74, 6) is -2.74. The number of fused-ring (bicyclic) bond motifs is 1. The molecule has 0 aliphatic carbocycles. The molecule has 1 amide bonds. The first-order chi connectivity index (χ1) is 15.9. The van der Waals surface area contributed by atoms with Gasteiger partial charge in [-0.3, -0.25) is 9.48 Å². The molecule has 0 spiro atoms. The second-order valence-electron chi connectivity index (χ2n) is 7.39. The van der Waals surface area contributed by atoms with Crippen molar-refractivity contribution in [3.63, 3.8) is 0 Å². The lowest BCUT2D eigenvalue weighted by molar-refractivity contribution is -0.192. The molecule has 1 N–H and O–H groups in total. The summed E-state index contributed by atoms with van der Waals surface area (Å²) in [6, 6.07) is 11.3. The lowest BCUT2D eigenvalue weighted by atomic mass is 10.0. The van der Waals surface area contributed by atoms with Crippen LogP contribution in [-0.4, -0.2) is 50.9 Å². The number of aromatic nitrogens is 2. The van der Waals surface area contributed by atoms with E-state index < -0.39 is 12.1 Å². The van der Waals surface area contributed by atoms with Crippen LogP contribution in [0.15, 0.2) is 36.4 Å². The van der Waals surface area contributed by atoms with Gasteiger partial charge >= 0.3 is 12.1 Å². The van der Waals surface area contributed by atoms with Crippen LogP contribution in [0, 0.1) is 0 Å². The van der Waals surface area contributed by atoms with E-state index in [0.717, 1.165) is 48.0 Å². The van der Waals surface area contributed by atoms with E-state index >= 15 is 0 Å². The normalized spacial score (nSPS) is 11.2.